The summed E-state index contributed by atoms with van der Waals surface area (Å²) in [7, 11) is 0. The highest BCUT2D eigenvalue weighted by Gasteiger charge is 2.20. The van der Waals surface area contributed by atoms with Crippen LogP contribution in [0.25, 0.3) is 0 Å². The molecule has 1 amide bonds. The Bertz CT molecular complexity index is 697. The van der Waals surface area contributed by atoms with Gasteiger partial charge in [-0.1, -0.05) is 23.2 Å². The van der Waals surface area contributed by atoms with Gasteiger partial charge >= 0.3 is 0 Å². The summed E-state index contributed by atoms with van der Waals surface area (Å²) in [6, 6.07) is 1.63. The van der Waals surface area contributed by atoms with Crippen LogP contribution in [0.4, 0.5) is 5.82 Å². The number of halogens is 2. The standard InChI is InChI=1S/C16H19Cl2N5O/c17-12-7-13(21-8-12)16(24)20-4-1-11-2-5-23(6-3-11)15-10-19-9-14(18)22-15/h7-11,21H,1-6H2,(H,20,24). The van der Waals surface area contributed by atoms with E-state index < -0.39 is 0 Å². The van der Waals surface area contributed by atoms with Gasteiger partial charge in [0, 0.05) is 25.8 Å². The molecule has 1 aliphatic heterocycles. The van der Waals surface area contributed by atoms with Gasteiger partial charge in [0.25, 0.3) is 5.91 Å². The van der Waals surface area contributed by atoms with Crippen molar-refractivity contribution < 1.29 is 4.79 Å². The van der Waals surface area contributed by atoms with Crippen LogP contribution in [-0.2, 0) is 0 Å². The molecule has 3 rings (SSSR count). The van der Waals surface area contributed by atoms with Gasteiger partial charge in [-0.3, -0.25) is 9.78 Å². The lowest BCUT2D eigenvalue weighted by molar-refractivity contribution is 0.0946. The monoisotopic (exact) mass is 367 g/mol. The maximum absolute atomic E-state index is 11.9. The second-order valence-corrected chi connectivity index (χ2v) is 6.73. The van der Waals surface area contributed by atoms with E-state index in [9.17, 15) is 4.79 Å². The van der Waals surface area contributed by atoms with E-state index in [0.717, 1.165) is 38.2 Å². The van der Waals surface area contributed by atoms with Gasteiger partial charge in [0.15, 0.2) is 0 Å². The summed E-state index contributed by atoms with van der Waals surface area (Å²) in [6.07, 6.45) is 7.99. The Morgan fingerprint density at radius 2 is 2.12 bits per heavy atom. The Balaban J connectivity index is 1.40. The summed E-state index contributed by atoms with van der Waals surface area (Å²) in [6.45, 7) is 2.52. The number of nitrogens with one attached hydrogen (secondary N) is 2. The molecule has 0 bridgehead atoms. The van der Waals surface area contributed by atoms with Crippen LogP contribution in [0.2, 0.25) is 10.2 Å². The van der Waals surface area contributed by atoms with E-state index in [2.05, 4.69) is 25.2 Å². The van der Waals surface area contributed by atoms with Gasteiger partial charge in [-0.05, 0) is 31.2 Å². The van der Waals surface area contributed by atoms with Crippen molar-refractivity contribution in [2.24, 2.45) is 5.92 Å². The molecule has 0 atom stereocenters. The zero-order valence-corrected chi connectivity index (χ0v) is 14.6. The molecule has 1 aliphatic rings. The third kappa shape index (κ3) is 4.39. The van der Waals surface area contributed by atoms with Crippen LogP contribution in [0, 0.1) is 5.92 Å². The molecule has 128 valence electrons. The molecule has 6 nitrogen and oxygen atoms in total. The van der Waals surface area contributed by atoms with Crippen molar-refractivity contribution in [2.75, 3.05) is 24.5 Å². The van der Waals surface area contributed by atoms with Crippen molar-refractivity contribution in [3.05, 3.63) is 40.5 Å². The second kappa shape index (κ2) is 7.85. The molecule has 0 radical (unpaired) electrons. The highest BCUT2D eigenvalue weighted by molar-refractivity contribution is 6.31. The molecule has 0 aromatic carbocycles. The van der Waals surface area contributed by atoms with Gasteiger partial charge in [0.05, 0.1) is 17.4 Å². The number of hydrogen-bond acceptors (Lipinski definition) is 4. The van der Waals surface area contributed by atoms with Crippen LogP contribution in [0.3, 0.4) is 0 Å². The van der Waals surface area contributed by atoms with Gasteiger partial charge in [0.1, 0.15) is 16.7 Å². The van der Waals surface area contributed by atoms with Crippen LogP contribution in [-0.4, -0.2) is 40.5 Å². The molecule has 2 aromatic rings. The van der Waals surface area contributed by atoms with E-state index >= 15 is 0 Å². The average Bonchev–Trinajstić information content (AvgIpc) is 3.02. The average molecular weight is 368 g/mol. The highest BCUT2D eigenvalue weighted by atomic mass is 35.5. The Morgan fingerprint density at radius 3 is 2.79 bits per heavy atom. The number of hydrogen-bond donors (Lipinski definition) is 2. The summed E-state index contributed by atoms with van der Waals surface area (Å²) >= 11 is 11.7. The van der Waals surface area contributed by atoms with Gasteiger partial charge in [-0.25, -0.2) is 4.98 Å². The molecule has 3 heterocycles. The molecule has 0 aliphatic carbocycles. The predicted molar refractivity (Wildman–Crippen MR) is 94.7 cm³/mol. The first kappa shape index (κ1) is 17.0. The molecule has 2 aromatic heterocycles. The van der Waals surface area contributed by atoms with Crippen LogP contribution in [0.1, 0.15) is 29.8 Å². The van der Waals surface area contributed by atoms with Gasteiger partial charge < -0.3 is 15.2 Å². The quantitative estimate of drug-likeness (QED) is 0.850. The first-order chi connectivity index (χ1) is 11.6. The van der Waals surface area contributed by atoms with E-state index in [1.165, 1.54) is 6.20 Å². The van der Waals surface area contributed by atoms with Crippen molar-refractivity contribution >= 4 is 34.9 Å². The third-order valence-electron chi connectivity index (χ3n) is 4.26. The Morgan fingerprint density at radius 1 is 1.33 bits per heavy atom. The summed E-state index contributed by atoms with van der Waals surface area (Å²) in [5, 5.41) is 3.88. The first-order valence-corrected chi connectivity index (χ1v) is 8.72. The second-order valence-electron chi connectivity index (χ2n) is 5.91. The van der Waals surface area contributed by atoms with Crippen molar-refractivity contribution in [1.29, 1.82) is 0 Å². The normalized spacial score (nSPS) is 15.5. The lowest BCUT2D eigenvalue weighted by atomic mass is 9.93. The maximum Gasteiger partial charge on any atom is 0.267 e. The number of piperidine rings is 1. The predicted octanol–water partition coefficient (Wildman–Crippen LogP) is 3.15. The van der Waals surface area contributed by atoms with E-state index in [-0.39, 0.29) is 5.91 Å². The molecule has 1 fully saturated rings. The van der Waals surface area contributed by atoms with Gasteiger partial charge in [-0.15, -0.1) is 0 Å². The lowest BCUT2D eigenvalue weighted by Gasteiger charge is -2.32. The SMILES string of the molecule is O=C(NCCC1CCN(c2cncc(Cl)n2)CC1)c1cc(Cl)c[nH]1. The topological polar surface area (TPSA) is 73.9 Å². The zero-order chi connectivity index (χ0) is 16.9. The fraction of sp³-hybridized carbons (Fsp3) is 0.438. The molecular weight excluding hydrogens is 349 g/mol. The molecule has 0 unspecified atom stereocenters. The Labute approximate surface area is 150 Å². The molecule has 2 N–H and O–H groups in total. The molecule has 0 spiro atoms. The Kier molecular flexibility index (Phi) is 5.58. The number of carbonyl (C=O) groups is 1. The largest absolute Gasteiger partial charge is 0.356 e. The Hall–Kier alpha value is -1.79. The smallest absolute Gasteiger partial charge is 0.267 e. The zero-order valence-electron chi connectivity index (χ0n) is 13.1. The summed E-state index contributed by atoms with van der Waals surface area (Å²) in [4.78, 5) is 25.4. The fourth-order valence-electron chi connectivity index (χ4n) is 2.92. The number of aromatic amines is 1. The minimum Gasteiger partial charge on any atom is -0.356 e. The number of anilines is 1. The molecular formula is C16H19Cl2N5O. The van der Waals surface area contributed by atoms with Gasteiger partial charge in [-0.2, -0.15) is 0 Å². The van der Waals surface area contributed by atoms with E-state index in [0.29, 0.717) is 28.3 Å². The van der Waals surface area contributed by atoms with Crippen molar-refractivity contribution in [3.8, 4) is 0 Å². The first-order valence-electron chi connectivity index (χ1n) is 7.96. The van der Waals surface area contributed by atoms with Gasteiger partial charge in [0.2, 0.25) is 0 Å². The lowest BCUT2D eigenvalue weighted by Crippen LogP contribution is -2.35. The van der Waals surface area contributed by atoms with Crippen LogP contribution >= 0.6 is 23.2 Å². The van der Waals surface area contributed by atoms with Crippen molar-refractivity contribution in [3.63, 3.8) is 0 Å². The van der Waals surface area contributed by atoms with Crippen LogP contribution in [0.15, 0.2) is 24.7 Å². The minimum atomic E-state index is -0.117. The van der Waals surface area contributed by atoms with E-state index in [1.807, 2.05) is 0 Å². The summed E-state index contributed by atoms with van der Waals surface area (Å²) in [5.74, 6) is 1.31. The highest BCUT2D eigenvalue weighted by Crippen LogP contribution is 2.24. The van der Waals surface area contributed by atoms with Crippen LogP contribution in [0.5, 0.6) is 0 Å². The number of aromatic nitrogens is 3. The summed E-state index contributed by atoms with van der Waals surface area (Å²) in [5.41, 5.74) is 0.495. The number of H-pyrrole nitrogens is 1. The number of carbonyl (C=O) groups excluding carboxylic acids is 1. The minimum absolute atomic E-state index is 0.117. The fourth-order valence-corrected chi connectivity index (χ4v) is 3.23. The van der Waals surface area contributed by atoms with E-state index in [4.69, 9.17) is 23.2 Å². The number of amides is 1. The maximum atomic E-state index is 11.9. The number of rotatable bonds is 5. The molecule has 1 saturated heterocycles. The molecule has 0 saturated carbocycles. The van der Waals surface area contributed by atoms with Crippen molar-refractivity contribution in [2.45, 2.75) is 19.3 Å². The van der Waals surface area contributed by atoms with Crippen molar-refractivity contribution in [1.82, 2.24) is 20.3 Å². The molecule has 24 heavy (non-hydrogen) atoms. The van der Waals surface area contributed by atoms with Crippen LogP contribution < -0.4 is 10.2 Å². The molecule has 8 heteroatoms. The number of nitrogens with zero attached hydrogens (tertiary/aromatic N) is 3. The third-order valence-corrected chi connectivity index (χ3v) is 4.66. The summed E-state index contributed by atoms with van der Waals surface area (Å²) < 4.78 is 0. The van der Waals surface area contributed by atoms with E-state index in [1.54, 1.807) is 18.5 Å².